The van der Waals surface area contributed by atoms with Crippen molar-refractivity contribution in [2.45, 2.75) is 45.6 Å². The van der Waals surface area contributed by atoms with E-state index < -0.39 is 0 Å². The number of alkyl halides is 1. The highest BCUT2D eigenvalue weighted by atomic mass is 35.5. The molecule has 0 N–H and O–H groups in total. The average Bonchev–Trinajstić information content (AvgIpc) is 2.87. The Hall–Kier alpha value is -1.02. The Morgan fingerprint density at radius 2 is 2.21 bits per heavy atom. The SMILES string of the molecule is Cc1cccc(C(=O)N2CCCC2CCCCl)c1C. The van der Waals surface area contributed by atoms with Crippen molar-refractivity contribution in [2.75, 3.05) is 12.4 Å². The average molecular weight is 280 g/mol. The first-order valence-corrected chi connectivity index (χ1v) is 7.61. The minimum Gasteiger partial charge on any atom is -0.336 e. The molecule has 3 heteroatoms. The number of carbonyl (C=O) groups excluding carboxylic acids is 1. The lowest BCUT2D eigenvalue weighted by Crippen LogP contribution is -2.36. The first-order valence-electron chi connectivity index (χ1n) is 7.08. The van der Waals surface area contributed by atoms with Crippen LogP contribution < -0.4 is 0 Å². The van der Waals surface area contributed by atoms with Gasteiger partial charge in [0, 0.05) is 24.0 Å². The minimum absolute atomic E-state index is 0.193. The van der Waals surface area contributed by atoms with Crippen molar-refractivity contribution in [1.29, 1.82) is 0 Å². The fourth-order valence-electron chi connectivity index (χ4n) is 2.85. The molecule has 1 amide bonds. The maximum absolute atomic E-state index is 12.7. The molecule has 1 aromatic rings. The van der Waals surface area contributed by atoms with E-state index in [1.54, 1.807) is 0 Å². The zero-order chi connectivity index (χ0) is 13.8. The number of amides is 1. The van der Waals surface area contributed by atoms with Crippen LogP contribution in [0.5, 0.6) is 0 Å². The topological polar surface area (TPSA) is 20.3 Å². The van der Waals surface area contributed by atoms with Crippen LogP contribution in [-0.4, -0.2) is 29.3 Å². The van der Waals surface area contributed by atoms with Crippen LogP contribution in [0, 0.1) is 13.8 Å². The summed E-state index contributed by atoms with van der Waals surface area (Å²) in [5.41, 5.74) is 3.15. The van der Waals surface area contributed by atoms with E-state index in [-0.39, 0.29) is 5.91 Å². The molecule has 0 aliphatic carbocycles. The molecule has 1 unspecified atom stereocenters. The number of carbonyl (C=O) groups is 1. The molecule has 1 aromatic carbocycles. The second-order valence-electron chi connectivity index (χ2n) is 5.37. The molecule has 0 saturated carbocycles. The first kappa shape index (κ1) is 14.4. The molecule has 0 bridgehead atoms. The smallest absolute Gasteiger partial charge is 0.254 e. The number of hydrogen-bond donors (Lipinski definition) is 0. The molecular weight excluding hydrogens is 258 g/mol. The Balaban J connectivity index is 2.16. The van der Waals surface area contributed by atoms with Gasteiger partial charge < -0.3 is 4.90 Å². The molecule has 2 nitrogen and oxygen atoms in total. The number of likely N-dealkylation sites (tertiary alicyclic amines) is 1. The summed E-state index contributed by atoms with van der Waals surface area (Å²) < 4.78 is 0. The molecule has 0 spiro atoms. The van der Waals surface area contributed by atoms with Gasteiger partial charge in [-0.2, -0.15) is 0 Å². The minimum atomic E-state index is 0.193. The first-order chi connectivity index (χ1) is 9.15. The second-order valence-corrected chi connectivity index (χ2v) is 5.75. The second kappa shape index (κ2) is 6.42. The summed E-state index contributed by atoms with van der Waals surface area (Å²) in [6.45, 7) is 4.98. The maximum atomic E-state index is 12.7. The molecule has 1 saturated heterocycles. The predicted octanol–water partition coefficient (Wildman–Crippen LogP) is 3.93. The Morgan fingerprint density at radius 1 is 1.42 bits per heavy atom. The van der Waals surface area contributed by atoms with Crippen molar-refractivity contribution in [2.24, 2.45) is 0 Å². The summed E-state index contributed by atoms with van der Waals surface area (Å²) in [6, 6.07) is 6.35. The summed E-state index contributed by atoms with van der Waals surface area (Å²) in [6.07, 6.45) is 4.25. The number of nitrogens with zero attached hydrogens (tertiary/aromatic N) is 1. The lowest BCUT2D eigenvalue weighted by molar-refractivity contribution is 0.0729. The molecule has 0 radical (unpaired) electrons. The zero-order valence-corrected chi connectivity index (χ0v) is 12.5. The molecule has 0 aromatic heterocycles. The summed E-state index contributed by atoms with van der Waals surface area (Å²) >= 11 is 5.77. The molecule has 1 aliphatic heterocycles. The third kappa shape index (κ3) is 3.11. The molecule has 1 heterocycles. The van der Waals surface area contributed by atoms with Gasteiger partial charge in [0.1, 0.15) is 0 Å². The van der Waals surface area contributed by atoms with Crippen molar-refractivity contribution in [3.8, 4) is 0 Å². The standard InChI is InChI=1S/C16H22ClNO/c1-12-6-3-9-15(13(12)2)16(19)18-11-5-8-14(18)7-4-10-17/h3,6,9,14H,4-5,7-8,10-11H2,1-2H3. The summed E-state index contributed by atoms with van der Waals surface area (Å²) in [5.74, 6) is 0.875. The van der Waals surface area contributed by atoms with Crippen LogP contribution in [0.4, 0.5) is 0 Å². The summed E-state index contributed by atoms with van der Waals surface area (Å²) in [7, 11) is 0. The highest BCUT2D eigenvalue weighted by Gasteiger charge is 2.29. The van der Waals surface area contributed by atoms with E-state index in [1.165, 1.54) is 5.56 Å². The van der Waals surface area contributed by atoms with Gasteiger partial charge in [-0.1, -0.05) is 12.1 Å². The molecule has 1 fully saturated rings. The van der Waals surface area contributed by atoms with Crippen LogP contribution >= 0.6 is 11.6 Å². The van der Waals surface area contributed by atoms with Gasteiger partial charge >= 0.3 is 0 Å². The van der Waals surface area contributed by atoms with Gasteiger partial charge in [-0.25, -0.2) is 0 Å². The normalized spacial score (nSPS) is 18.9. The monoisotopic (exact) mass is 279 g/mol. The van der Waals surface area contributed by atoms with Gasteiger partial charge in [-0.15, -0.1) is 11.6 Å². The van der Waals surface area contributed by atoms with Crippen LogP contribution in [0.2, 0.25) is 0 Å². The summed E-state index contributed by atoms with van der Waals surface area (Å²) in [5, 5.41) is 0. The van der Waals surface area contributed by atoms with Gasteiger partial charge in [0.25, 0.3) is 5.91 Å². The number of halogens is 1. The number of aryl methyl sites for hydroxylation is 1. The maximum Gasteiger partial charge on any atom is 0.254 e. The van der Waals surface area contributed by atoms with E-state index >= 15 is 0 Å². The van der Waals surface area contributed by atoms with Crippen molar-refractivity contribution in [3.63, 3.8) is 0 Å². The van der Waals surface area contributed by atoms with Crippen LogP contribution in [0.25, 0.3) is 0 Å². The van der Waals surface area contributed by atoms with E-state index in [1.807, 2.05) is 24.0 Å². The fraction of sp³-hybridized carbons (Fsp3) is 0.562. The van der Waals surface area contributed by atoms with Crippen LogP contribution in [0.3, 0.4) is 0 Å². The van der Waals surface area contributed by atoms with Crippen LogP contribution in [-0.2, 0) is 0 Å². The molecule has 19 heavy (non-hydrogen) atoms. The largest absolute Gasteiger partial charge is 0.336 e. The molecular formula is C16H22ClNO. The Morgan fingerprint density at radius 3 is 2.95 bits per heavy atom. The Bertz CT molecular complexity index is 458. The van der Waals surface area contributed by atoms with Crippen LogP contribution in [0.1, 0.15) is 47.2 Å². The van der Waals surface area contributed by atoms with Gasteiger partial charge in [0.15, 0.2) is 0 Å². The van der Waals surface area contributed by atoms with Gasteiger partial charge in [0.2, 0.25) is 0 Å². The molecule has 1 aliphatic rings. The van der Waals surface area contributed by atoms with E-state index in [4.69, 9.17) is 11.6 Å². The van der Waals surface area contributed by atoms with Crippen LogP contribution in [0.15, 0.2) is 18.2 Å². The van der Waals surface area contributed by atoms with Crippen molar-refractivity contribution in [3.05, 3.63) is 34.9 Å². The van der Waals surface area contributed by atoms with E-state index in [9.17, 15) is 4.79 Å². The molecule has 1 atom stereocenters. The van der Waals surface area contributed by atoms with Gasteiger partial charge in [-0.3, -0.25) is 4.79 Å². The third-order valence-corrected chi connectivity index (χ3v) is 4.41. The number of rotatable bonds is 4. The van der Waals surface area contributed by atoms with E-state index in [2.05, 4.69) is 13.0 Å². The fourth-order valence-corrected chi connectivity index (χ4v) is 3.01. The van der Waals surface area contributed by atoms with E-state index in [0.29, 0.717) is 11.9 Å². The highest BCUT2D eigenvalue weighted by Crippen LogP contribution is 2.25. The lowest BCUT2D eigenvalue weighted by Gasteiger charge is -2.25. The number of hydrogen-bond acceptors (Lipinski definition) is 1. The van der Waals surface area contributed by atoms with Gasteiger partial charge in [-0.05, 0) is 56.7 Å². The molecule has 2 rings (SSSR count). The third-order valence-electron chi connectivity index (χ3n) is 4.14. The Kier molecular flexibility index (Phi) is 4.87. The predicted molar refractivity (Wildman–Crippen MR) is 79.9 cm³/mol. The molecule has 104 valence electrons. The number of benzene rings is 1. The van der Waals surface area contributed by atoms with Crippen molar-refractivity contribution in [1.82, 2.24) is 4.90 Å². The van der Waals surface area contributed by atoms with Crippen molar-refractivity contribution >= 4 is 17.5 Å². The summed E-state index contributed by atoms with van der Waals surface area (Å²) in [4.78, 5) is 14.7. The Labute approximate surface area is 120 Å². The highest BCUT2D eigenvalue weighted by molar-refractivity contribution is 6.17. The van der Waals surface area contributed by atoms with Gasteiger partial charge in [0.05, 0.1) is 0 Å². The van der Waals surface area contributed by atoms with E-state index in [0.717, 1.165) is 43.4 Å². The zero-order valence-electron chi connectivity index (χ0n) is 11.8. The van der Waals surface area contributed by atoms with Crippen molar-refractivity contribution < 1.29 is 4.79 Å². The lowest BCUT2D eigenvalue weighted by atomic mass is 10.0. The quantitative estimate of drug-likeness (QED) is 0.765.